The predicted molar refractivity (Wildman–Crippen MR) is 81.0 cm³/mol. The summed E-state index contributed by atoms with van der Waals surface area (Å²) < 4.78 is 0. The highest BCUT2D eigenvalue weighted by Crippen LogP contribution is 2.38. The summed E-state index contributed by atoms with van der Waals surface area (Å²) in [6.07, 6.45) is 14.7. The van der Waals surface area contributed by atoms with E-state index in [0.29, 0.717) is 11.8 Å². The average molecular weight is 264 g/mol. The highest BCUT2D eigenvalue weighted by atomic mass is 16.1. The third-order valence-corrected chi connectivity index (χ3v) is 5.90. The number of aldehydes is 1. The third-order valence-electron chi connectivity index (χ3n) is 5.90. The van der Waals surface area contributed by atoms with E-state index in [1.165, 1.54) is 64.1 Å². The molecule has 2 fully saturated rings. The van der Waals surface area contributed by atoms with Crippen LogP contribution in [0.3, 0.4) is 0 Å². The minimum atomic E-state index is 0.387. The van der Waals surface area contributed by atoms with E-state index in [4.69, 9.17) is 0 Å². The van der Waals surface area contributed by atoms with Gasteiger partial charge in [-0.15, -0.1) is 0 Å². The van der Waals surface area contributed by atoms with Crippen LogP contribution < -0.4 is 0 Å². The van der Waals surface area contributed by atoms with E-state index >= 15 is 0 Å². The lowest BCUT2D eigenvalue weighted by molar-refractivity contribution is -0.113. The van der Waals surface area contributed by atoms with Gasteiger partial charge in [0.25, 0.3) is 0 Å². The van der Waals surface area contributed by atoms with Crippen molar-refractivity contribution in [2.45, 2.75) is 78.1 Å². The van der Waals surface area contributed by atoms with Crippen molar-refractivity contribution < 1.29 is 4.79 Å². The fraction of sp³-hybridized carbons (Fsp3) is 0.944. The van der Waals surface area contributed by atoms with Gasteiger partial charge in [0, 0.05) is 5.92 Å². The fourth-order valence-corrected chi connectivity index (χ4v) is 4.57. The van der Waals surface area contributed by atoms with Crippen LogP contribution in [0.15, 0.2) is 0 Å². The Kier molecular flexibility index (Phi) is 5.91. The van der Waals surface area contributed by atoms with Crippen LogP contribution in [0.5, 0.6) is 0 Å². The summed E-state index contributed by atoms with van der Waals surface area (Å²) in [7, 11) is 0. The Balaban J connectivity index is 1.69. The molecule has 0 amide bonds. The van der Waals surface area contributed by atoms with Crippen LogP contribution in [-0.2, 0) is 4.79 Å². The van der Waals surface area contributed by atoms with Gasteiger partial charge in [0.15, 0.2) is 0 Å². The number of hydrogen-bond acceptors (Lipinski definition) is 1. The Morgan fingerprint density at radius 1 is 0.947 bits per heavy atom. The van der Waals surface area contributed by atoms with Crippen molar-refractivity contribution in [3.63, 3.8) is 0 Å². The normalized spacial score (nSPS) is 40.0. The molecule has 0 saturated heterocycles. The van der Waals surface area contributed by atoms with Crippen LogP contribution in [-0.4, -0.2) is 6.29 Å². The van der Waals surface area contributed by atoms with Gasteiger partial charge in [-0.1, -0.05) is 46.0 Å². The summed E-state index contributed by atoms with van der Waals surface area (Å²) in [4.78, 5) is 11.1. The van der Waals surface area contributed by atoms with Crippen molar-refractivity contribution in [2.24, 2.45) is 29.6 Å². The van der Waals surface area contributed by atoms with Crippen LogP contribution in [0.4, 0.5) is 0 Å². The highest BCUT2D eigenvalue weighted by Gasteiger charge is 2.27. The molecule has 1 nitrogen and oxygen atoms in total. The van der Waals surface area contributed by atoms with Crippen LogP contribution >= 0.6 is 0 Å². The van der Waals surface area contributed by atoms with Crippen molar-refractivity contribution >= 4 is 6.29 Å². The molecule has 5 atom stereocenters. The van der Waals surface area contributed by atoms with Crippen LogP contribution in [0.2, 0.25) is 0 Å². The van der Waals surface area contributed by atoms with E-state index in [-0.39, 0.29) is 0 Å². The van der Waals surface area contributed by atoms with E-state index in [1.54, 1.807) is 0 Å². The van der Waals surface area contributed by atoms with Gasteiger partial charge >= 0.3 is 0 Å². The van der Waals surface area contributed by atoms with E-state index in [2.05, 4.69) is 13.8 Å². The first-order chi connectivity index (χ1) is 9.20. The molecule has 5 unspecified atom stereocenters. The van der Waals surface area contributed by atoms with Crippen LogP contribution in [0.25, 0.3) is 0 Å². The van der Waals surface area contributed by atoms with E-state index in [0.717, 1.165) is 24.2 Å². The van der Waals surface area contributed by atoms with E-state index in [9.17, 15) is 4.79 Å². The summed E-state index contributed by atoms with van der Waals surface area (Å²) in [6.45, 7) is 4.86. The molecule has 19 heavy (non-hydrogen) atoms. The van der Waals surface area contributed by atoms with Crippen molar-refractivity contribution in [3.8, 4) is 0 Å². The predicted octanol–water partition coefficient (Wildman–Crippen LogP) is 5.23. The monoisotopic (exact) mass is 264 g/mol. The Morgan fingerprint density at radius 2 is 1.68 bits per heavy atom. The Hall–Kier alpha value is -0.330. The van der Waals surface area contributed by atoms with Crippen molar-refractivity contribution in [2.75, 3.05) is 0 Å². The first-order valence-electron chi connectivity index (χ1n) is 8.66. The molecular formula is C18H32O. The smallest absolute Gasteiger partial charge is 0.123 e. The van der Waals surface area contributed by atoms with E-state index < -0.39 is 0 Å². The van der Waals surface area contributed by atoms with Gasteiger partial charge in [-0.2, -0.15) is 0 Å². The zero-order valence-corrected chi connectivity index (χ0v) is 12.9. The molecule has 0 heterocycles. The fourth-order valence-electron chi connectivity index (χ4n) is 4.57. The SMILES string of the molecule is CC1CCC(CCCC2CCCCC2C=O)C(C)C1. The van der Waals surface area contributed by atoms with Gasteiger partial charge in [-0.25, -0.2) is 0 Å². The molecule has 0 aromatic rings. The topological polar surface area (TPSA) is 17.1 Å². The summed E-state index contributed by atoms with van der Waals surface area (Å²) in [5.74, 6) is 3.94. The Bertz CT molecular complexity index is 273. The van der Waals surface area contributed by atoms with E-state index in [1.807, 2.05) is 0 Å². The summed E-state index contributed by atoms with van der Waals surface area (Å²) in [5, 5.41) is 0. The first-order valence-corrected chi connectivity index (χ1v) is 8.66. The quantitative estimate of drug-likeness (QED) is 0.621. The molecule has 0 aromatic carbocycles. The Labute approximate surface area is 119 Å². The van der Waals surface area contributed by atoms with Crippen molar-refractivity contribution in [1.29, 1.82) is 0 Å². The Morgan fingerprint density at radius 3 is 2.42 bits per heavy atom. The molecule has 2 saturated carbocycles. The molecule has 2 aliphatic carbocycles. The zero-order chi connectivity index (χ0) is 13.7. The molecule has 0 spiro atoms. The molecule has 0 aliphatic heterocycles. The molecule has 0 aromatic heterocycles. The minimum absolute atomic E-state index is 0.387. The maximum Gasteiger partial charge on any atom is 0.123 e. The molecule has 2 aliphatic rings. The standard InChI is InChI=1S/C18H32O/c1-14-10-11-16(15(2)12-14)8-5-9-17-6-3-4-7-18(17)13-19/h13-18H,3-12H2,1-2H3. The van der Waals surface area contributed by atoms with Gasteiger partial charge < -0.3 is 4.79 Å². The summed E-state index contributed by atoms with van der Waals surface area (Å²) in [5.41, 5.74) is 0. The second kappa shape index (κ2) is 7.45. The largest absolute Gasteiger partial charge is 0.303 e. The lowest BCUT2D eigenvalue weighted by atomic mass is 9.72. The van der Waals surface area contributed by atoms with Crippen molar-refractivity contribution in [3.05, 3.63) is 0 Å². The number of rotatable bonds is 5. The van der Waals surface area contributed by atoms with Gasteiger partial charge in [-0.3, -0.25) is 0 Å². The maximum absolute atomic E-state index is 11.1. The van der Waals surface area contributed by atoms with Gasteiger partial charge in [0.2, 0.25) is 0 Å². The average Bonchev–Trinajstić information content (AvgIpc) is 2.42. The van der Waals surface area contributed by atoms with Gasteiger partial charge in [0.1, 0.15) is 6.29 Å². The molecular weight excluding hydrogens is 232 g/mol. The number of carbonyl (C=O) groups is 1. The molecule has 2 rings (SSSR count). The third kappa shape index (κ3) is 4.33. The molecule has 1 heteroatoms. The molecule has 0 radical (unpaired) electrons. The zero-order valence-electron chi connectivity index (χ0n) is 12.9. The highest BCUT2D eigenvalue weighted by molar-refractivity contribution is 5.54. The molecule has 0 bridgehead atoms. The maximum atomic E-state index is 11.1. The number of hydrogen-bond donors (Lipinski definition) is 0. The van der Waals surface area contributed by atoms with Crippen LogP contribution in [0, 0.1) is 29.6 Å². The molecule has 0 N–H and O–H groups in total. The summed E-state index contributed by atoms with van der Waals surface area (Å²) >= 11 is 0. The minimum Gasteiger partial charge on any atom is -0.303 e. The lowest BCUT2D eigenvalue weighted by Gasteiger charge is -2.33. The van der Waals surface area contributed by atoms with Gasteiger partial charge in [0.05, 0.1) is 0 Å². The molecule has 110 valence electrons. The van der Waals surface area contributed by atoms with Gasteiger partial charge in [-0.05, 0) is 55.8 Å². The first kappa shape index (κ1) is 15.1. The van der Waals surface area contributed by atoms with Crippen molar-refractivity contribution in [1.82, 2.24) is 0 Å². The second-order valence-corrected chi connectivity index (χ2v) is 7.43. The number of carbonyl (C=O) groups excluding carboxylic acids is 1. The lowest BCUT2D eigenvalue weighted by Crippen LogP contribution is -2.23. The second-order valence-electron chi connectivity index (χ2n) is 7.43. The summed E-state index contributed by atoms with van der Waals surface area (Å²) in [6, 6.07) is 0. The van der Waals surface area contributed by atoms with Crippen LogP contribution in [0.1, 0.15) is 78.1 Å².